The van der Waals surface area contributed by atoms with Gasteiger partial charge in [0.1, 0.15) is 11.5 Å². The van der Waals surface area contributed by atoms with E-state index in [1.165, 1.54) is 0 Å². The molecule has 3 amide bonds. The van der Waals surface area contributed by atoms with Crippen LogP contribution in [0.25, 0.3) is 0 Å². The quantitative estimate of drug-likeness (QED) is 0.779. The third-order valence-corrected chi connectivity index (χ3v) is 7.47. The van der Waals surface area contributed by atoms with E-state index >= 15 is 0 Å². The Morgan fingerprint density at radius 3 is 2.35 bits per heavy atom. The predicted molar refractivity (Wildman–Crippen MR) is 122 cm³/mol. The third kappa shape index (κ3) is 4.44. The molecular weight excluding hydrogens is 414 g/mol. The highest BCUT2D eigenvalue weighted by atomic mass is 32.2. The number of amides is 3. The molecule has 0 unspecified atom stereocenters. The molecule has 2 heterocycles. The Balaban J connectivity index is 1.39. The molecule has 7 nitrogen and oxygen atoms in total. The maximum atomic E-state index is 13.2. The first-order chi connectivity index (χ1) is 15.0. The minimum absolute atomic E-state index is 0.0435. The summed E-state index contributed by atoms with van der Waals surface area (Å²) in [5, 5.41) is 2.94. The summed E-state index contributed by atoms with van der Waals surface area (Å²) in [5.74, 6) is 2.39. The van der Waals surface area contributed by atoms with Crippen LogP contribution in [0.5, 0.6) is 11.5 Å². The van der Waals surface area contributed by atoms with Crippen LogP contribution >= 0.6 is 11.8 Å². The minimum atomic E-state index is -0.246. The number of urea groups is 1. The van der Waals surface area contributed by atoms with Crippen molar-refractivity contribution in [3.05, 3.63) is 54.1 Å². The lowest BCUT2D eigenvalue weighted by atomic mass is 10.0. The van der Waals surface area contributed by atoms with E-state index in [1.807, 2.05) is 64.0 Å². The number of likely N-dealkylation sites (tertiary alicyclic amines) is 1. The van der Waals surface area contributed by atoms with Gasteiger partial charge < -0.3 is 24.6 Å². The Morgan fingerprint density at radius 2 is 1.68 bits per heavy atom. The van der Waals surface area contributed by atoms with Crippen molar-refractivity contribution in [3.63, 3.8) is 0 Å². The first-order valence-corrected chi connectivity index (χ1v) is 11.3. The summed E-state index contributed by atoms with van der Waals surface area (Å²) in [7, 11) is 3.21. The maximum Gasteiger partial charge on any atom is 0.321 e. The zero-order valence-electron chi connectivity index (χ0n) is 17.8. The molecule has 2 aromatic carbocycles. The molecule has 8 heteroatoms. The van der Waals surface area contributed by atoms with Gasteiger partial charge in [0.2, 0.25) is 0 Å². The SMILES string of the molecule is COc1ccc(C(=O)N2CCSC23CCN(C(=O)Nc2cccc(OC)c2)CC3)cc1. The highest BCUT2D eigenvalue weighted by molar-refractivity contribution is 8.00. The van der Waals surface area contributed by atoms with Gasteiger partial charge in [0, 0.05) is 42.7 Å². The number of anilines is 1. The van der Waals surface area contributed by atoms with E-state index in [-0.39, 0.29) is 16.8 Å². The molecule has 0 aliphatic carbocycles. The molecule has 0 aromatic heterocycles. The summed E-state index contributed by atoms with van der Waals surface area (Å²) >= 11 is 1.83. The van der Waals surface area contributed by atoms with Crippen molar-refractivity contribution in [2.75, 3.05) is 44.9 Å². The number of nitrogens with zero attached hydrogens (tertiary/aromatic N) is 2. The molecular formula is C23H27N3O4S. The van der Waals surface area contributed by atoms with E-state index in [0.29, 0.717) is 30.1 Å². The highest BCUT2D eigenvalue weighted by Gasteiger charge is 2.47. The number of hydrogen-bond donors (Lipinski definition) is 1. The van der Waals surface area contributed by atoms with Crippen molar-refractivity contribution in [1.82, 2.24) is 9.80 Å². The summed E-state index contributed by atoms with van der Waals surface area (Å²) in [6.45, 7) is 1.94. The van der Waals surface area contributed by atoms with Crippen LogP contribution in [0.1, 0.15) is 23.2 Å². The predicted octanol–water partition coefficient (Wildman–Crippen LogP) is 3.92. The van der Waals surface area contributed by atoms with Gasteiger partial charge in [-0.3, -0.25) is 4.79 Å². The van der Waals surface area contributed by atoms with Gasteiger partial charge in [-0.1, -0.05) is 6.07 Å². The van der Waals surface area contributed by atoms with Crippen LogP contribution in [-0.2, 0) is 0 Å². The van der Waals surface area contributed by atoms with Crippen molar-refractivity contribution >= 4 is 29.4 Å². The number of thioether (sulfide) groups is 1. The normalized spacial score (nSPS) is 17.5. The Hall–Kier alpha value is -2.87. The van der Waals surface area contributed by atoms with E-state index in [2.05, 4.69) is 5.32 Å². The Kier molecular flexibility index (Phi) is 6.27. The number of ether oxygens (including phenoxy) is 2. The van der Waals surface area contributed by atoms with Crippen molar-refractivity contribution in [3.8, 4) is 11.5 Å². The van der Waals surface area contributed by atoms with E-state index in [1.54, 1.807) is 20.3 Å². The summed E-state index contributed by atoms with van der Waals surface area (Å²) in [5.41, 5.74) is 1.37. The van der Waals surface area contributed by atoms with Crippen LogP contribution in [-0.4, -0.2) is 66.2 Å². The fraction of sp³-hybridized carbons (Fsp3) is 0.391. The molecule has 164 valence electrons. The van der Waals surface area contributed by atoms with Crippen molar-refractivity contribution in [2.24, 2.45) is 0 Å². The molecule has 2 aliphatic rings. The number of rotatable bonds is 4. The molecule has 2 saturated heterocycles. The van der Waals surface area contributed by atoms with E-state index < -0.39 is 0 Å². The minimum Gasteiger partial charge on any atom is -0.497 e. The number of methoxy groups -OCH3 is 2. The first kappa shape index (κ1) is 21.4. The van der Waals surface area contributed by atoms with E-state index in [4.69, 9.17) is 9.47 Å². The number of nitrogens with one attached hydrogen (secondary N) is 1. The molecule has 2 fully saturated rings. The van der Waals surface area contributed by atoms with Gasteiger partial charge in [-0.25, -0.2) is 4.79 Å². The monoisotopic (exact) mass is 441 g/mol. The average Bonchev–Trinajstić information content (AvgIpc) is 3.22. The van der Waals surface area contributed by atoms with Gasteiger partial charge in [-0.15, -0.1) is 11.8 Å². The van der Waals surface area contributed by atoms with Crippen molar-refractivity contribution in [1.29, 1.82) is 0 Å². The second kappa shape index (κ2) is 9.09. The lowest BCUT2D eigenvalue weighted by molar-refractivity contribution is 0.0585. The lowest BCUT2D eigenvalue weighted by Crippen LogP contribution is -2.54. The van der Waals surface area contributed by atoms with E-state index in [0.717, 1.165) is 30.9 Å². The smallest absolute Gasteiger partial charge is 0.321 e. The van der Waals surface area contributed by atoms with E-state index in [9.17, 15) is 9.59 Å². The van der Waals surface area contributed by atoms with Gasteiger partial charge in [0.05, 0.1) is 19.1 Å². The maximum absolute atomic E-state index is 13.2. The number of benzene rings is 2. The second-order valence-corrected chi connectivity index (χ2v) is 9.09. The van der Waals surface area contributed by atoms with Crippen LogP contribution in [0, 0.1) is 0 Å². The summed E-state index contributed by atoms with van der Waals surface area (Å²) in [6, 6.07) is 14.5. The lowest BCUT2D eigenvalue weighted by Gasteiger charge is -2.44. The fourth-order valence-corrected chi connectivity index (χ4v) is 5.62. The van der Waals surface area contributed by atoms with Gasteiger partial charge >= 0.3 is 6.03 Å². The highest BCUT2D eigenvalue weighted by Crippen LogP contribution is 2.44. The van der Waals surface area contributed by atoms with Gasteiger partial charge in [0.15, 0.2) is 0 Å². The van der Waals surface area contributed by atoms with Crippen LogP contribution in [0.2, 0.25) is 0 Å². The molecule has 0 saturated carbocycles. The summed E-state index contributed by atoms with van der Waals surface area (Å²) < 4.78 is 10.4. The number of carbonyl (C=O) groups is 2. The number of carbonyl (C=O) groups excluding carboxylic acids is 2. The zero-order chi connectivity index (χ0) is 21.8. The van der Waals surface area contributed by atoms with Crippen molar-refractivity contribution < 1.29 is 19.1 Å². The number of hydrogen-bond acceptors (Lipinski definition) is 5. The molecule has 2 aromatic rings. The standard InChI is InChI=1S/C23H27N3O4S/c1-29-19-8-6-17(7-9-19)21(27)26-14-15-31-23(26)10-12-25(13-11-23)22(28)24-18-4-3-5-20(16-18)30-2/h3-9,16H,10-15H2,1-2H3,(H,24,28). The molecule has 2 aliphatic heterocycles. The van der Waals surface area contributed by atoms with Gasteiger partial charge in [0.25, 0.3) is 5.91 Å². The molecule has 1 spiro atoms. The Bertz CT molecular complexity index is 942. The largest absolute Gasteiger partial charge is 0.497 e. The molecule has 4 rings (SSSR count). The molecule has 1 N–H and O–H groups in total. The van der Waals surface area contributed by atoms with Crippen LogP contribution in [0.4, 0.5) is 10.5 Å². The summed E-state index contributed by atoms with van der Waals surface area (Å²) in [6.07, 6.45) is 1.51. The molecule has 31 heavy (non-hydrogen) atoms. The molecule has 0 atom stereocenters. The third-order valence-electron chi connectivity index (χ3n) is 5.91. The van der Waals surface area contributed by atoms with Gasteiger partial charge in [-0.2, -0.15) is 0 Å². The van der Waals surface area contributed by atoms with Gasteiger partial charge in [-0.05, 0) is 49.2 Å². The average molecular weight is 442 g/mol. The van der Waals surface area contributed by atoms with Crippen LogP contribution in [0.3, 0.4) is 0 Å². The fourth-order valence-electron chi connectivity index (χ4n) is 4.16. The summed E-state index contributed by atoms with van der Waals surface area (Å²) in [4.78, 5) is 29.5. The van der Waals surface area contributed by atoms with Crippen molar-refractivity contribution in [2.45, 2.75) is 17.7 Å². The van der Waals surface area contributed by atoms with Crippen LogP contribution in [0.15, 0.2) is 48.5 Å². The Morgan fingerprint density at radius 1 is 0.968 bits per heavy atom. The topological polar surface area (TPSA) is 71.1 Å². The molecule has 0 bridgehead atoms. The Labute approximate surface area is 186 Å². The zero-order valence-corrected chi connectivity index (χ0v) is 18.6. The van der Waals surface area contributed by atoms with Crippen LogP contribution < -0.4 is 14.8 Å². The number of piperidine rings is 1. The first-order valence-electron chi connectivity index (χ1n) is 10.3. The molecule has 0 radical (unpaired) electrons. The second-order valence-electron chi connectivity index (χ2n) is 7.63.